The summed E-state index contributed by atoms with van der Waals surface area (Å²) in [5, 5.41) is 5.45. The molecule has 0 aliphatic rings. The van der Waals surface area contributed by atoms with Crippen molar-refractivity contribution in [2.24, 2.45) is 5.73 Å². The van der Waals surface area contributed by atoms with E-state index in [-0.39, 0.29) is 18.9 Å². The van der Waals surface area contributed by atoms with Crippen LogP contribution in [0, 0.1) is 6.92 Å². The van der Waals surface area contributed by atoms with Crippen molar-refractivity contribution in [3.63, 3.8) is 0 Å². The Labute approximate surface area is 161 Å². The van der Waals surface area contributed by atoms with Crippen LogP contribution in [0.2, 0.25) is 10.2 Å². The van der Waals surface area contributed by atoms with Gasteiger partial charge in [0, 0.05) is 23.4 Å². The van der Waals surface area contributed by atoms with Crippen LogP contribution in [0.5, 0.6) is 0 Å². The van der Waals surface area contributed by atoms with Gasteiger partial charge in [-0.25, -0.2) is 9.07 Å². The van der Waals surface area contributed by atoms with Gasteiger partial charge in [0.15, 0.2) is 0 Å². The van der Waals surface area contributed by atoms with E-state index in [4.69, 9.17) is 28.9 Å². The Hall–Kier alpha value is -1.05. The second-order valence-corrected chi connectivity index (χ2v) is 7.86. The highest BCUT2D eigenvalue weighted by Gasteiger charge is 2.15. The van der Waals surface area contributed by atoms with Crippen LogP contribution in [0.25, 0.3) is 0 Å². The van der Waals surface area contributed by atoms with Crippen molar-refractivity contribution >= 4 is 35.1 Å². The third-order valence-electron chi connectivity index (χ3n) is 3.48. The summed E-state index contributed by atoms with van der Waals surface area (Å²) in [5.74, 6) is -0.355. The van der Waals surface area contributed by atoms with E-state index >= 15 is 0 Å². The van der Waals surface area contributed by atoms with E-state index in [2.05, 4.69) is 5.10 Å². The summed E-state index contributed by atoms with van der Waals surface area (Å²) in [5.41, 5.74) is 7.98. The molecule has 0 saturated carbocycles. The molecule has 0 aliphatic heterocycles. The molecule has 0 unspecified atom stereocenters. The summed E-state index contributed by atoms with van der Waals surface area (Å²) in [4.78, 5) is 0.989. The van der Waals surface area contributed by atoms with Crippen molar-refractivity contribution in [1.29, 1.82) is 0 Å². The fourth-order valence-electron chi connectivity index (χ4n) is 2.36. The average molecular weight is 403 g/mol. The summed E-state index contributed by atoms with van der Waals surface area (Å²) in [7, 11) is 3.93. The zero-order valence-corrected chi connectivity index (χ0v) is 16.7. The Morgan fingerprint density at radius 2 is 2.12 bits per heavy atom. The van der Waals surface area contributed by atoms with Gasteiger partial charge >= 0.3 is 0 Å². The Bertz CT molecular complexity index is 774. The number of rotatable bonds is 7. The Balaban J connectivity index is 2.22. The molecule has 0 atom stereocenters. The van der Waals surface area contributed by atoms with Gasteiger partial charge < -0.3 is 5.73 Å². The molecule has 1 aromatic carbocycles. The minimum absolute atomic E-state index is 0.0178. The highest BCUT2D eigenvalue weighted by Crippen LogP contribution is 2.31. The van der Waals surface area contributed by atoms with Crippen molar-refractivity contribution < 1.29 is 4.39 Å². The van der Waals surface area contributed by atoms with E-state index in [1.54, 1.807) is 11.9 Å². The van der Waals surface area contributed by atoms with Gasteiger partial charge in [-0.05, 0) is 56.7 Å². The minimum atomic E-state index is -0.355. The van der Waals surface area contributed by atoms with Crippen LogP contribution in [0.3, 0.4) is 0 Å². The summed E-state index contributed by atoms with van der Waals surface area (Å²) in [6.07, 6.45) is 1.90. The third kappa shape index (κ3) is 5.46. The second kappa shape index (κ2) is 9.05. The molecule has 0 spiro atoms. The van der Waals surface area contributed by atoms with E-state index in [0.717, 1.165) is 21.7 Å². The van der Waals surface area contributed by atoms with Gasteiger partial charge in [0.2, 0.25) is 0 Å². The van der Waals surface area contributed by atoms with Crippen molar-refractivity contribution in [2.75, 3.05) is 20.6 Å². The lowest BCUT2D eigenvalue weighted by Gasteiger charge is -2.11. The van der Waals surface area contributed by atoms with Gasteiger partial charge in [0.25, 0.3) is 0 Å². The van der Waals surface area contributed by atoms with Crippen LogP contribution in [0.1, 0.15) is 16.8 Å². The first kappa shape index (κ1) is 20.3. The van der Waals surface area contributed by atoms with Crippen molar-refractivity contribution in [3.05, 3.63) is 57.1 Å². The van der Waals surface area contributed by atoms with Gasteiger partial charge in [0.1, 0.15) is 11.0 Å². The number of aryl methyl sites for hydroxylation is 1. The molecule has 25 heavy (non-hydrogen) atoms. The summed E-state index contributed by atoms with van der Waals surface area (Å²) >= 11 is 14.3. The fraction of sp³-hybridized carbons (Fsp3) is 0.353. The number of benzene rings is 1. The highest BCUT2D eigenvalue weighted by atomic mass is 35.5. The molecule has 2 rings (SSSR count). The first-order valence-electron chi connectivity index (χ1n) is 7.72. The maximum Gasteiger partial charge on any atom is 0.131 e. The summed E-state index contributed by atoms with van der Waals surface area (Å²) in [6, 6.07) is 5.93. The van der Waals surface area contributed by atoms with E-state index in [1.807, 2.05) is 43.5 Å². The Morgan fingerprint density at radius 3 is 2.72 bits per heavy atom. The molecular formula is C17H21Cl2FN4S. The number of nitrogens with zero attached hydrogens (tertiary/aromatic N) is 3. The Kier molecular flexibility index (Phi) is 7.34. The van der Waals surface area contributed by atoms with Crippen LogP contribution in [0.15, 0.2) is 35.0 Å². The number of halogens is 3. The van der Waals surface area contributed by atoms with E-state index in [9.17, 15) is 4.39 Å². The molecular weight excluding hydrogens is 382 g/mol. The highest BCUT2D eigenvalue weighted by molar-refractivity contribution is 7.97. The molecule has 2 aromatic rings. The average Bonchev–Trinajstić information content (AvgIpc) is 2.77. The number of hydrogen-bond donors (Lipinski definition) is 1. The standard InChI is InChI=1S/C17H21Cl2FN4S/c1-11-14(17(19)24(22-11)10-13(20)6-7-21)8-12-4-5-16(15(18)9-12)25-23(2)3/h4-6,9H,7-8,10,21H2,1-3H3/b13-6-. The van der Waals surface area contributed by atoms with Gasteiger partial charge in [-0.3, -0.25) is 4.31 Å². The molecule has 0 radical (unpaired) electrons. The van der Waals surface area contributed by atoms with Gasteiger partial charge in [0.05, 0.1) is 17.3 Å². The molecule has 4 nitrogen and oxygen atoms in total. The molecule has 0 amide bonds. The molecule has 0 bridgehead atoms. The lowest BCUT2D eigenvalue weighted by atomic mass is 10.1. The minimum Gasteiger partial charge on any atom is -0.327 e. The molecule has 0 saturated heterocycles. The van der Waals surface area contributed by atoms with Crippen LogP contribution in [-0.2, 0) is 13.0 Å². The van der Waals surface area contributed by atoms with E-state index in [0.29, 0.717) is 16.6 Å². The smallest absolute Gasteiger partial charge is 0.131 e. The lowest BCUT2D eigenvalue weighted by Crippen LogP contribution is -2.03. The quantitative estimate of drug-likeness (QED) is 0.693. The topological polar surface area (TPSA) is 47.1 Å². The van der Waals surface area contributed by atoms with Crippen LogP contribution < -0.4 is 5.73 Å². The molecule has 0 fully saturated rings. The third-order valence-corrected chi connectivity index (χ3v) is 5.25. The SMILES string of the molecule is Cc1nn(C/C(F)=C/CN)c(Cl)c1Cc1ccc(SN(C)C)c(Cl)c1. The molecule has 2 N–H and O–H groups in total. The molecule has 1 aromatic heterocycles. The zero-order valence-electron chi connectivity index (χ0n) is 14.4. The lowest BCUT2D eigenvalue weighted by molar-refractivity contribution is 0.524. The number of nitrogens with two attached hydrogens (primary N) is 1. The van der Waals surface area contributed by atoms with Crippen LogP contribution in [0.4, 0.5) is 4.39 Å². The zero-order chi connectivity index (χ0) is 18.6. The fourth-order valence-corrected chi connectivity index (χ4v) is 3.64. The number of hydrogen-bond acceptors (Lipinski definition) is 4. The first-order chi connectivity index (χ1) is 11.8. The molecule has 0 aliphatic carbocycles. The Morgan fingerprint density at radius 1 is 1.40 bits per heavy atom. The van der Waals surface area contributed by atoms with Crippen molar-refractivity contribution in [3.8, 4) is 0 Å². The number of allylic oxidation sites excluding steroid dienone is 1. The second-order valence-electron chi connectivity index (χ2n) is 5.74. The van der Waals surface area contributed by atoms with Gasteiger partial charge in [-0.1, -0.05) is 29.3 Å². The number of aromatic nitrogens is 2. The van der Waals surface area contributed by atoms with Crippen molar-refractivity contribution in [2.45, 2.75) is 24.8 Å². The normalized spacial score (nSPS) is 12.2. The van der Waals surface area contributed by atoms with Crippen molar-refractivity contribution in [1.82, 2.24) is 14.1 Å². The summed E-state index contributed by atoms with van der Waals surface area (Å²) < 4.78 is 17.1. The largest absolute Gasteiger partial charge is 0.327 e. The van der Waals surface area contributed by atoms with E-state index in [1.165, 1.54) is 10.8 Å². The predicted octanol–water partition coefficient (Wildman–Crippen LogP) is 4.47. The van der Waals surface area contributed by atoms with Gasteiger partial charge in [-0.15, -0.1) is 0 Å². The van der Waals surface area contributed by atoms with Crippen LogP contribution in [-0.4, -0.2) is 34.7 Å². The maximum atomic E-state index is 13.7. The van der Waals surface area contributed by atoms with E-state index < -0.39 is 0 Å². The van der Waals surface area contributed by atoms with Crippen LogP contribution >= 0.6 is 35.1 Å². The monoisotopic (exact) mass is 402 g/mol. The first-order valence-corrected chi connectivity index (χ1v) is 9.24. The maximum absolute atomic E-state index is 13.7. The van der Waals surface area contributed by atoms with Gasteiger partial charge in [-0.2, -0.15) is 5.10 Å². The molecule has 1 heterocycles. The summed E-state index contributed by atoms with van der Waals surface area (Å²) in [6.45, 7) is 1.99. The molecule has 136 valence electrons. The predicted molar refractivity (Wildman–Crippen MR) is 104 cm³/mol. The molecule has 8 heteroatoms.